The molecule has 19 heavy (non-hydrogen) atoms. The van der Waals surface area contributed by atoms with Crippen molar-refractivity contribution in [3.8, 4) is 0 Å². The lowest BCUT2D eigenvalue weighted by molar-refractivity contribution is 0.794. The molecule has 0 aliphatic carbocycles. The Hall–Kier alpha value is -1.71. The van der Waals surface area contributed by atoms with Crippen molar-refractivity contribution in [1.82, 2.24) is 9.13 Å². The number of imidazole rings is 1. The van der Waals surface area contributed by atoms with Crippen molar-refractivity contribution in [2.45, 2.75) is 26.2 Å². The number of fused-ring (bicyclic) bond motifs is 1. The maximum absolute atomic E-state index is 12.2. The van der Waals surface area contributed by atoms with Gasteiger partial charge in [0.15, 0.2) is 0 Å². The van der Waals surface area contributed by atoms with E-state index in [-0.39, 0.29) is 5.69 Å². The minimum absolute atomic E-state index is 0.0590. The molecule has 1 aromatic carbocycles. The summed E-state index contributed by atoms with van der Waals surface area (Å²) in [4.78, 5) is 14.6. The van der Waals surface area contributed by atoms with E-state index in [1.165, 1.54) is 24.1 Å². The van der Waals surface area contributed by atoms with Gasteiger partial charge in [-0.2, -0.15) is 0 Å². The van der Waals surface area contributed by atoms with E-state index in [9.17, 15) is 4.79 Å². The minimum Gasteiger partial charge on any atom is -0.370 e. The lowest BCUT2D eigenvalue weighted by atomic mass is 10.1. The maximum Gasteiger partial charge on any atom is 0.328 e. The van der Waals surface area contributed by atoms with E-state index in [0.717, 1.165) is 30.5 Å². The van der Waals surface area contributed by atoms with Gasteiger partial charge in [-0.15, -0.1) is 0 Å². The van der Waals surface area contributed by atoms with E-state index in [1.54, 1.807) is 9.13 Å². The van der Waals surface area contributed by atoms with Crippen LogP contribution in [0.1, 0.15) is 25.3 Å². The van der Waals surface area contributed by atoms with Crippen LogP contribution in [0.5, 0.6) is 0 Å². The largest absolute Gasteiger partial charge is 0.370 e. The third-order valence-corrected chi connectivity index (χ3v) is 4.26. The number of benzene rings is 1. The zero-order valence-electron chi connectivity index (χ0n) is 11.9. The van der Waals surface area contributed by atoms with Gasteiger partial charge in [0.05, 0.1) is 16.7 Å². The molecule has 0 N–H and O–H groups in total. The molecule has 0 amide bonds. The monoisotopic (exact) mass is 259 g/mol. The van der Waals surface area contributed by atoms with Crippen molar-refractivity contribution < 1.29 is 0 Å². The van der Waals surface area contributed by atoms with E-state index in [1.807, 2.05) is 14.1 Å². The highest BCUT2D eigenvalue weighted by atomic mass is 16.1. The van der Waals surface area contributed by atoms with E-state index < -0.39 is 0 Å². The summed E-state index contributed by atoms with van der Waals surface area (Å²) in [6.45, 7) is 4.37. The Morgan fingerprint density at radius 1 is 1.11 bits per heavy atom. The van der Waals surface area contributed by atoms with Gasteiger partial charge in [-0.1, -0.05) is 6.92 Å². The molecule has 0 atom stereocenters. The van der Waals surface area contributed by atoms with Crippen molar-refractivity contribution >= 4 is 16.7 Å². The van der Waals surface area contributed by atoms with Crippen LogP contribution in [0.4, 0.5) is 5.69 Å². The third-order valence-electron chi connectivity index (χ3n) is 4.26. The molecule has 1 aliphatic rings. The molecular weight excluding hydrogens is 238 g/mol. The Bertz CT molecular complexity index is 675. The lowest BCUT2D eigenvalue weighted by Gasteiger charge is -2.20. The van der Waals surface area contributed by atoms with Crippen LogP contribution in [-0.4, -0.2) is 22.2 Å². The Morgan fingerprint density at radius 3 is 2.42 bits per heavy atom. The van der Waals surface area contributed by atoms with Crippen molar-refractivity contribution in [2.75, 3.05) is 18.0 Å². The number of aryl methyl sites for hydroxylation is 3. The standard InChI is InChI=1S/C15H21N3O/c1-4-11-9-12-14(17(3)15(19)16(12)2)13(10-11)18-7-5-6-8-18/h9-10H,4-8H2,1-3H3. The van der Waals surface area contributed by atoms with Gasteiger partial charge in [0.2, 0.25) is 0 Å². The zero-order chi connectivity index (χ0) is 13.6. The first-order chi connectivity index (χ1) is 9.13. The quantitative estimate of drug-likeness (QED) is 0.826. The Kier molecular flexibility index (Phi) is 2.88. The van der Waals surface area contributed by atoms with Crippen LogP contribution in [0.15, 0.2) is 16.9 Å². The van der Waals surface area contributed by atoms with E-state index in [2.05, 4.69) is 24.0 Å². The lowest BCUT2D eigenvalue weighted by Crippen LogP contribution is -2.21. The number of nitrogens with zero attached hydrogens (tertiary/aromatic N) is 3. The summed E-state index contributed by atoms with van der Waals surface area (Å²) in [7, 11) is 3.73. The van der Waals surface area contributed by atoms with Gasteiger partial charge in [0.1, 0.15) is 0 Å². The first-order valence-corrected chi connectivity index (χ1v) is 7.06. The molecule has 0 spiro atoms. The van der Waals surface area contributed by atoms with Crippen molar-refractivity contribution in [3.63, 3.8) is 0 Å². The van der Waals surface area contributed by atoms with Gasteiger partial charge in [0.25, 0.3) is 0 Å². The van der Waals surface area contributed by atoms with Gasteiger partial charge >= 0.3 is 5.69 Å². The van der Waals surface area contributed by atoms with Crippen molar-refractivity contribution in [2.24, 2.45) is 14.1 Å². The topological polar surface area (TPSA) is 30.2 Å². The molecule has 0 radical (unpaired) electrons. The summed E-state index contributed by atoms with van der Waals surface area (Å²) >= 11 is 0. The third kappa shape index (κ3) is 1.78. The molecule has 1 fully saturated rings. The van der Waals surface area contributed by atoms with Gasteiger partial charge < -0.3 is 4.90 Å². The summed E-state index contributed by atoms with van der Waals surface area (Å²) in [6.07, 6.45) is 3.50. The molecule has 2 aromatic rings. The van der Waals surface area contributed by atoms with Crippen LogP contribution >= 0.6 is 0 Å². The molecule has 3 rings (SSSR count). The van der Waals surface area contributed by atoms with Crippen molar-refractivity contribution in [3.05, 3.63) is 28.2 Å². The first kappa shape index (κ1) is 12.3. The van der Waals surface area contributed by atoms with Crippen LogP contribution in [-0.2, 0) is 20.5 Å². The first-order valence-electron chi connectivity index (χ1n) is 7.06. The molecule has 4 nitrogen and oxygen atoms in total. The summed E-state index contributed by atoms with van der Waals surface area (Å²) < 4.78 is 3.54. The van der Waals surface area contributed by atoms with Crippen molar-refractivity contribution in [1.29, 1.82) is 0 Å². The molecule has 1 aliphatic heterocycles. The average molecular weight is 259 g/mol. The predicted molar refractivity (Wildman–Crippen MR) is 79.0 cm³/mol. The minimum atomic E-state index is 0.0590. The Labute approximate surface area is 113 Å². The summed E-state index contributed by atoms with van der Waals surface area (Å²) in [5, 5.41) is 0. The van der Waals surface area contributed by atoms with Crippen LogP contribution in [0, 0.1) is 0 Å². The number of rotatable bonds is 2. The van der Waals surface area contributed by atoms with Crippen LogP contribution in [0.3, 0.4) is 0 Å². The maximum atomic E-state index is 12.2. The molecule has 102 valence electrons. The predicted octanol–water partition coefficient (Wildman–Crippen LogP) is 2.04. The highest BCUT2D eigenvalue weighted by Gasteiger charge is 2.20. The highest BCUT2D eigenvalue weighted by molar-refractivity contribution is 5.90. The normalized spacial score (nSPS) is 15.6. The van der Waals surface area contributed by atoms with Gasteiger partial charge in [-0.05, 0) is 37.0 Å². The molecule has 1 saturated heterocycles. The zero-order valence-corrected chi connectivity index (χ0v) is 11.9. The van der Waals surface area contributed by atoms with Crippen LogP contribution < -0.4 is 10.6 Å². The fourth-order valence-electron chi connectivity index (χ4n) is 3.09. The van der Waals surface area contributed by atoms with E-state index in [4.69, 9.17) is 0 Å². The fourth-order valence-corrected chi connectivity index (χ4v) is 3.09. The van der Waals surface area contributed by atoms with E-state index >= 15 is 0 Å². The second-order valence-electron chi connectivity index (χ2n) is 5.43. The molecular formula is C15H21N3O. The fraction of sp³-hybridized carbons (Fsp3) is 0.533. The second kappa shape index (κ2) is 4.44. The van der Waals surface area contributed by atoms with Gasteiger partial charge in [-0.25, -0.2) is 4.79 Å². The SMILES string of the molecule is CCc1cc(N2CCCC2)c2c(c1)n(C)c(=O)n2C. The number of hydrogen-bond donors (Lipinski definition) is 0. The van der Waals surface area contributed by atoms with Crippen LogP contribution in [0.2, 0.25) is 0 Å². The summed E-state index contributed by atoms with van der Waals surface area (Å²) in [5.41, 5.74) is 4.71. The molecule has 0 unspecified atom stereocenters. The highest BCUT2D eigenvalue weighted by Crippen LogP contribution is 2.30. The molecule has 0 bridgehead atoms. The Balaban J connectivity index is 2.34. The second-order valence-corrected chi connectivity index (χ2v) is 5.43. The molecule has 4 heteroatoms. The van der Waals surface area contributed by atoms with Gasteiger partial charge in [-0.3, -0.25) is 9.13 Å². The van der Waals surface area contributed by atoms with Gasteiger partial charge in [0, 0.05) is 27.2 Å². The Morgan fingerprint density at radius 2 is 1.79 bits per heavy atom. The summed E-state index contributed by atoms with van der Waals surface area (Å²) in [5.74, 6) is 0. The number of hydrogen-bond acceptors (Lipinski definition) is 2. The molecule has 0 saturated carbocycles. The average Bonchev–Trinajstić information content (AvgIpc) is 3.03. The molecule has 1 aromatic heterocycles. The number of aromatic nitrogens is 2. The summed E-state index contributed by atoms with van der Waals surface area (Å²) in [6, 6.07) is 4.41. The molecule has 2 heterocycles. The van der Waals surface area contributed by atoms with E-state index in [0.29, 0.717) is 0 Å². The smallest absolute Gasteiger partial charge is 0.328 e. The number of anilines is 1. The van der Waals surface area contributed by atoms with Crippen LogP contribution in [0.25, 0.3) is 11.0 Å².